The molecule has 778 valence electrons. The summed E-state index contributed by atoms with van der Waals surface area (Å²) in [7, 11) is 0. The van der Waals surface area contributed by atoms with Crippen molar-refractivity contribution >= 4 is 192 Å². The summed E-state index contributed by atoms with van der Waals surface area (Å²) >= 11 is 6.42. The number of imidazole rings is 6. The number of nitrogens with zero attached hydrogens (tertiary/aromatic N) is 18. The highest BCUT2D eigenvalue weighted by atomic mass is 35.5. The predicted molar refractivity (Wildman–Crippen MR) is 578 cm³/mol. The molecule has 0 amide bonds. The van der Waals surface area contributed by atoms with Crippen LogP contribution in [0.1, 0.15) is 96.7 Å². The van der Waals surface area contributed by atoms with Gasteiger partial charge >= 0.3 is 0 Å². The summed E-state index contributed by atoms with van der Waals surface area (Å²) in [5.41, 5.74) is 40.9. The molecule has 142 heavy (non-hydrogen) atoms. The fourth-order valence-corrected chi connectivity index (χ4v) is 24.4. The number of alkyl halides is 2. The number of nitrogens with two attached hydrogens (primary N) is 6. The highest BCUT2D eigenvalue weighted by Crippen LogP contribution is 2.53. The number of aliphatic hydroxyl groups excluding tert-OH is 7. The molecule has 5 unspecified atom stereocenters. The van der Waals surface area contributed by atoms with Gasteiger partial charge in [-0.25, -0.2) is 64.2 Å². The molecule has 0 aliphatic carbocycles. The average molecular weight is 2100 g/mol. The normalized spacial score (nSPS) is 30.5. The Morgan fingerprint density at radius 2 is 0.648 bits per heavy atom. The molecule has 19 heterocycles. The van der Waals surface area contributed by atoms with Gasteiger partial charge in [-0.1, -0.05) is 0 Å². The van der Waals surface area contributed by atoms with E-state index < -0.39 is 180 Å². The molecule has 19 rings (SSSR count). The Bertz CT molecular complexity index is 6470. The van der Waals surface area contributed by atoms with Crippen LogP contribution in [0.4, 0.5) is 38.5 Å². The summed E-state index contributed by atoms with van der Waals surface area (Å²) in [6, 6.07) is 10.1. The molecule has 12 aromatic rings. The molecular formula is C94H142ClFN24O16P6. The first kappa shape index (κ1) is 110. The van der Waals surface area contributed by atoms with Crippen LogP contribution in [0.25, 0.3) is 67.0 Å². The largest absolute Gasteiger partial charge is 0.397 e. The fourth-order valence-electron chi connectivity index (χ4n) is 18.2. The van der Waals surface area contributed by atoms with Gasteiger partial charge in [-0.15, -0.1) is 90.7 Å². The lowest BCUT2D eigenvalue weighted by molar-refractivity contribution is -0.172. The zero-order valence-electron chi connectivity index (χ0n) is 83.2. The van der Waals surface area contributed by atoms with Crippen molar-refractivity contribution in [1.29, 1.82) is 0 Å². The standard InChI is InChI=1S/C16H23N4O3P.3C16H25N4O3P.C15H22ClN4O2P.C15H22FN4O2P/c1-24(2,3)7-5-16-8-22-12(13(16)21)15(23-16)20-9-19-11-10(17)4-6-18-14(11)20;1-16(6-8-24(2,3)4)13(22)12(21)15(23-16)20-9-19-11-10(17)5-7-18-14(11)20;2*1-16(22)13(21)11(6-8-24(2,3)4)23-15(16)20-9-19-12-10(17)5-7-18-14(12)20;2*1-23(2,3)7-5-10-13(21)11(16)15(22-10)20-8-19-12-9(17)4-6-18-14(12)20/h4,6,9,12-13,15,21H,1,5,7-8H2,2-3H3,(H2,17,18);5,7,9,12-13,15,21-22H,2,6,8H2,1,3-4H3,(H2,17,18);2*5,7,9,11,13,15,21-22H,2,6,8H2,1,3-4H3,(H2,17,18);2*4,6,8,10-11,13,15,21H,1,5,7H2,2-3H3,(H2,17,18)/t12-,13+,15?,16+;12-,13+,15?,16-;11-,13-,15?,16-;11-,13-,15-,16+;2*10-,11-,13-,15?/m111111/s1. The molecule has 7 saturated heterocycles. The molecule has 7 aliphatic rings. The Hall–Kier alpha value is -8.10. The Morgan fingerprint density at radius 1 is 0.359 bits per heavy atom. The number of rotatable bonds is 24. The van der Waals surface area contributed by atoms with E-state index in [1.165, 1.54) is 10.9 Å². The minimum Gasteiger partial charge on any atom is -0.397 e. The first-order valence-electron chi connectivity index (χ1n) is 46.8. The molecule has 24 atom stereocenters. The van der Waals surface area contributed by atoms with Gasteiger partial charge in [-0.05, 0) is 213 Å². The summed E-state index contributed by atoms with van der Waals surface area (Å²) in [4.78, 5) is 51.3. The number of pyridine rings is 6. The Kier molecular flexibility index (Phi) is 32.6. The van der Waals surface area contributed by atoms with E-state index in [-0.39, 0.29) is 6.10 Å². The SMILES string of the molecule is C=P(C)(C)CC[C@@]1(C)OC(n2cnc3c(N)ccnc32)[C@H](O)[C@@H]1O.C=P(C)(C)CC[C@@]12CO[C@@H](C(n3cnc4c(N)ccnc43)O1)[C@@H]2O.C=P(C)(C)CC[C@H]1OC(n2cnc3c(N)ccnc32)[C@H](Cl)[C@@H]1O.C=P(C)(C)CC[C@H]1OC(n2cnc3c(N)ccnc32)[C@H](F)[C@@H]1O.C=P(C)(C)CC[C@H]1OC(n2cnc3c(N)ccnc32)[C@](C)(O)[C@@H]1O.C=P(C)(C)CC[C@H]1O[C@@H](n2cnc3c(N)ccnc32)[C@@](C)(O)[C@@H]1O. The smallest absolute Gasteiger partial charge is 0.173 e. The van der Waals surface area contributed by atoms with E-state index >= 15 is 0 Å². The van der Waals surface area contributed by atoms with E-state index in [1.54, 1.807) is 137 Å². The van der Waals surface area contributed by atoms with Crippen molar-refractivity contribution in [3.63, 3.8) is 0 Å². The molecule has 0 radical (unpaired) electrons. The first-order valence-corrected chi connectivity index (χ1v) is 65.5. The van der Waals surface area contributed by atoms with E-state index in [1.807, 2.05) is 11.5 Å². The number of halogens is 2. The summed E-state index contributed by atoms with van der Waals surface area (Å²) in [5, 5.41) is 94.6. The molecule has 40 nitrogen and oxygen atoms in total. The van der Waals surface area contributed by atoms with Gasteiger partial charge in [-0.2, -0.15) is 0 Å². The van der Waals surface area contributed by atoms with Crippen LogP contribution in [0.15, 0.2) is 112 Å². The van der Waals surface area contributed by atoms with E-state index in [9.17, 15) is 50.3 Å². The van der Waals surface area contributed by atoms with Crippen LogP contribution in [0.2, 0.25) is 0 Å². The number of hydrogen-bond donors (Lipinski definition) is 15. The monoisotopic (exact) mass is 2100 g/mol. The Balaban J connectivity index is 0.000000135. The van der Waals surface area contributed by atoms with Crippen LogP contribution in [-0.2, 0) is 33.2 Å². The van der Waals surface area contributed by atoms with Gasteiger partial charge in [0.05, 0.1) is 109 Å². The van der Waals surface area contributed by atoms with Crippen molar-refractivity contribution in [3.8, 4) is 0 Å². The number of aliphatic hydroxyl groups is 9. The van der Waals surface area contributed by atoms with Crippen molar-refractivity contribution in [3.05, 3.63) is 112 Å². The summed E-state index contributed by atoms with van der Waals surface area (Å²) < 4.78 is 66.6. The maximum Gasteiger partial charge on any atom is 0.173 e. The molecule has 48 heteroatoms. The van der Waals surface area contributed by atoms with Crippen molar-refractivity contribution in [1.82, 2.24) is 87.2 Å². The number of nitrogen functional groups attached to an aromatic ring is 6. The third-order valence-electron chi connectivity index (χ3n) is 26.7. The van der Waals surface area contributed by atoms with Crippen LogP contribution in [0, 0.1) is 0 Å². The van der Waals surface area contributed by atoms with E-state index in [0.29, 0.717) is 133 Å². The van der Waals surface area contributed by atoms with Gasteiger partial charge in [0.2, 0.25) is 0 Å². The second-order valence-electron chi connectivity index (χ2n) is 42.9. The first-order chi connectivity index (χ1) is 66.2. The molecule has 21 N–H and O–H groups in total. The third-order valence-corrected chi connectivity index (χ3v) is 35.9. The fraction of sp³-hybridized carbons (Fsp3) is 0.553. The number of ether oxygens (including phenoxy) is 7. The van der Waals surface area contributed by atoms with Gasteiger partial charge in [0.1, 0.15) is 104 Å². The predicted octanol–water partition coefficient (Wildman–Crippen LogP) is 8.19. The van der Waals surface area contributed by atoms with Crippen molar-refractivity contribution in [2.75, 3.05) is 158 Å². The summed E-state index contributed by atoms with van der Waals surface area (Å²) in [6.45, 7) is 23.8. The molecule has 0 saturated carbocycles. The molecule has 12 aromatic heterocycles. The van der Waals surface area contributed by atoms with Crippen LogP contribution < -0.4 is 34.4 Å². The van der Waals surface area contributed by atoms with Crippen molar-refractivity contribution in [2.45, 2.75) is 204 Å². The van der Waals surface area contributed by atoms with Gasteiger partial charge in [-0.3, -0.25) is 27.4 Å². The van der Waals surface area contributed by atoms with Crippen LogP contribution in [-0.4, -0.2) is 402 Å². The lowest BCUT2D eigenvalue weighted by Crippen LogP contribution is -2.43. The van der Waals surface area contributed by atoms with Gasteiger partial charge in [0, 0.05) is 37.2 Å². The Labute approximate surface area is 831 Å². The lowest BCUT2D eigenvalue weighted by Gasteiger charge is -2.32. The van der Waals surface area contributed by atoms with Gasteiger partial charge in [0.25, 0.3) is 0 Å². The highest BCUT2D eigenvalue weighted by molar-refractivity contribution is 7.73. The minimum absolute atomic E-state index is 0.304. The van der Waals surface area contributed by atoms with Gasteiger partial charge < -0.3 is 114 Å². The molecule has 0 spiro atoms. The van der Waals surface area contributed by atoms with Crippen molar-refractivity contribution in [2.24, 2.45) is 0 Å². The number of hydrogen-bond acceptors (Lipinski definition) is 34. The zero-order valence-corrected chi connectivity index (χ0v) is 89.3. The molecule has 0 aromatic carbocycles. The maximum atomic E-state index is 14.6. The topological polar surface area (TPSA) is 587 Å². The van der Waals surface area contributed by atoms with Gasteiger partial charge in [0.15, 0.2) is 77.4 Å². The van der Waals surface area contributed by atoms with Crippen LogP contribution in [0.5, 0.6) is 0 Å². The van der Waals surface area contributed by atoms with E-state index in [4.69, 9.17) is 79.2 Å². The summed E-state index contributed by atoms with van der Waals surface area (Å²) in [6.07, 6.45) is 38.9. The highest BCUT2D eigenvalue weighted by Gasteiger charge is 2.62. The minimum atomic E-state index is -1.54. The number of fused-ring (bicyclic) bond motifs is 8. The number of aromatic nitrogens is 18. The average Bonchev–Trinajstić information content (AvgIpc) is 1.56. The van der Waals surface area contributed by atoms with E-state index in [0.717, 1.165) is 49.8 Å². The number of anilines is 6. The third kappa shape index (κ3) is 23.8. The van der Waals surface area contributed by atoms with E-state index in [2.05, 4.69) is 178 Å². The summed E-state index contributed by atoms with van der Waals surface area (Å²) in [5.74, 6) is 0. The maximum absolute atomic E-state index is 14.6. The van der Waals surface area contributed by atoms with Crippen molar-refractivity contribution < 1.29 is 83.5 Å². The molecule has 7 fully saturated rings. The molecule has 2 bridgehead atoms. The molecular weight excluding hydrogens is 1960 g/mol. The second-order valence-corrected chi connectivity index (χ2v) is 69.3. The lowest BCUT2D eigenvalue weighted by atomic mass is 9.95. The Morgan fingerprint density at radius 3 is 0.993 bits per heavy atom. The zero-order chi connectivity index (χ0) is 104. The quantitative estimate of drug-likeness (QED) is 0.0200. The van der Waals surface area contributed by atoms with Crippen LogP contribution >= 0.6 is 52.9 Å². The second kappa shape index (κ2) is 42.3. The molecule has 7 aliphatic heterocycles. The van der Waals surface area contributed by atoms with Crippen LogP contribution in [0.3, 0.4) is 0 Å².